The zero-order valence-corrected chi connectivity index (χ0v) is 13.8. The van der Waals surface area contributed by atoms with E-state index in [-0.39, 0.29) is 5.82 Å². The van der Waals surface area contributed by atoms with Gasteiger partial charge in [0.15, 0.2) is 0 Å². The van der Waals surface area contributed by atoms with Gasteiger partial charge in [0.25, 0.3) is 5.78 Å². The van der Waals surface area contributed by atoms with Gasteiger partial charge < -0.3 is 0 Å². The molecule has 24 heavy (non-hydrogen) atoms. The fourth-order valence-corrected chi connectivity index (χ4v) is 2.39. The lowest BCUT2D eigenvalue weighted by Gasteiger charge is -2.01. The average molecular weight is 322 g/mol. The van der Waals surface area contributed by atoms with E-state index in [1.54, 1.807) is 4.52 Å². The number of hydrazone groups is 1. The van der Waals surface area contributed by atoms with Crippen molar-refractivity contribution in [2.45, 2.75) is 27.2 Å². The Hall–Kier alpha value is -3.09. The first-order valence-electron chi connectivity index (χ1n) is 7.61. The van der Waals surface area contributed by atoms with E-state index in [9.17, 15) is 4.79 Å². The average Bonchev–Trinajstić information content (AvgIpc) is 2.98. The Kier molecular flexibility index (Phi) is 4.33. The van der Waals surface area contributed by atoms with Gasteiger partial charge in [-0.25, -0.2) is 14.9 Å². The van der Waals surface area contributed by atoms with Gasteiger partial charge in [-0.1, -0.05) is 30.3 Å². The minimum Gasteiger partial charge on any atom is -0.264 e. The number of nitrogens with one attached hydrogen (secondary N) is 1. The monoisotopic (exact) mass is 322 g/mol. The van der Waals surface area contributed by atoms with Crippen molar-refractivity contribution in [3.63, 3.8) is 0 Å². The number of benzene rings is 1. The highest BCUT2D eigenvalue weighted by Gasteiger charge is 2.14. The van der Waals surface area contributed by atoms with Gasteiger partial charge in [-0.15, -0.1) is 5.10 Å². The second-order valence-electron chi connectivity index (χ2n) is 5.64. The number of hydrogen-bond donors (Lipinski definition) is 1. The molecule has 2 aromatic heterocycles. The molecule has 1 amide bonds. The topological polar surface area (TPSA) is 84.5 Å². The lowest BCUT2D eigenvalue weighted by molar-refractivity contribution is 0.0944. The molecule has 0 atom stereocenters. The summed E-state index contributed by atoms with van der Waals surface area (Å²) in [6.45, 7) is 5.62. The third kappa shape index (κ3) is 3.45. The maximum Gasteiger partial charge on any atom is 0.311 e. The maximum absolute atomic E-state index is 12.2. The van der Waals surface area contributed by atoms with E-state index in [0.29, 0.717) is 12.2 Å². The molecule has 0 unspecified atom stereocenters. The summed E-state index contributed by atoms with van der Waals surface area (Å²) >= 11 is 0. The molecule has 0 bridgehead atoms. The summed E-state index contributed by atoms with van der Waals surface area (Å²) in [6, 6.07) is 11.8. The molecule has 0 aliphatic rings. The molecule has 7 nitrogen and oxygen atoms in total. The molecule has 3 aromatic rings. The Morgan fingerprint density at radius 2 is 1.96 bits per heavy atom. The fraction of sp³-hybridized carbons (Fsp3) is 0.235. The first-order chi connectivity index (χ1) is 11.5. The second kappa shape index (κ2) is 6.57. The number of carbonyl (C=O) groups is 1. The predicted octanol–water partition coefficient (Wildman–Crippen LogP) is 2.09. The zero-order chi connectivity index (χ0) is 17.1. The summed E-state index contributed by atoms with van der Waals surface area (Å²) in [4.78, 5) is 20.6. The van der Waals surface area contributed by atoms with E-state index >= 15 is 0 Å². The number of nitrogens with zero attached hydrogens (tertiary/aromatic N) is 5. The van der Waals surface area contributed by atoms with Crippen LogP contribution in [0.2, 0.25) is 0 Å². The third-order valence-electron chi connectivity index (χ3n) is 3.47. The Morgan fingerprint density at radius 3 is 2.71 bits per heavy atom. The molecule has 1 aromatic carbocycles. The molecule has 0 saturated carbocycles. The minimum atomic E-state index is -0.454. The van der Waals surface area contributed by atoms with Crippen molar-refractivity contribution in [1.29, 1.82) is 0 Å². The van der Waals surface area contributed by atoms with Gasteiger partial charge in [-0.05, 0) is 32.4 Å². The molecule has 2 heterocycles. The van der Waals surface area contributed by atoms with Gasteiger partial charge >= 0.3 is 5.91 Å². The van der Waals surface area contributed by atoms with Crippen LogP contribution in [0.4, 0.5) is 0 Å². The summed E-state index contributed by atoms with van der Waals surface area (Å²) in [5.41, 5.74) is 6.12. The van der Waals surface area contributed by atoms with Crippen molar-refractivity contribution in [3.8, 4) is 0 Å². The van der Waals surface area contributed by atoms with Gasteiger partial charge in [0.2, 0.25) is 5.82 Å². The van der Waals surface area contributed by atoms with Gasteiger partial charge in [0, 0.05) is 23.5 Å². The maximum atomic E-state index is 12.2. The number of aryl methyl sites for hydroxylation is 2. The van der Waals surface area contributed by atoms with Crippen LogP contribution < -0.4 is 5.43 Å². The third-order valence-corrected chi connectivity index (χ3v) is 3.47. The molecule has 0 saturated heterocycles. The lowest BCUT2D eigenvalue weighted by atomic mass is 10.1. The Labute approximate surface area is 139 Å². The van der Waals surface area contributed by atoms with Crippen molar-refractivity contribution in [3.05, 3.63) is 59.2 Å². The number of fused-ring (bicyclic) bond motifs is 1. The van der Waals surface area contributed by atoms with Gasteiger partial charge in [0.1, 0.15) is 0 Å². The smallest absolute Gasteiger partial charge is 0.264 e. The van der Waals surface area contributed by atoms with Crippen LogP contribution in [0.5, 0.6) is 0 Å². The molecule has 3 rings (SSSR count). The van der Waals surface area contributed by atoms with Crippen molar-refractivity contribution in [2.24, 2.45) is 5.10 Å². The van der Waals surface area contributed by atoms with Gasteiger partial charge in [0.05, 0.1) is 0 Å². The Bertz CT molecular complexity index is 913. The summed E-state index contributed by atoms with van der Waals surface area (Å²) in [7, 11) is 0. The molecule has 0 radical (unpaired) electrons. The molecule has 1 N–H and O–H groups in total. The van der Waals surface area contributed by atoms with Crippen LogP contribution in [0.1, 0.15) is 34.5 Å². The minimum absolute atomic E-state index is 0.0486. The van der Waals surface area contributed by atoms with Crippen molar-refractivity contribution in [2.75, 3.05) is 0 Å². The van der Waals surface area contributed by atoms with Crippen LogP contribution in [0.15, 0.2) is 41.5 Å². The Morgan fingerprint density at radius 1 is 1.21 bits per heavy atom. The Balaban J connectivity index is 1.73. The predicted molar refractivity (Wildman–Crippen MR) is 91.0 cm³/mol. The quantitative estimate of drug-likeness (QED) is 0.589. The zero-order valence-electron chi connectivity index (χ0n) is 13.8. The van der Waals surface area contributed by atoms with Crippen molar-refractivity contribution < 1.29 is 4.79 Å². The van der Waals surface area contributed by atoms with E-state index < -0.39 is 5.91 Å². The standard InChI is InChI=1S/C17H18N6O/c1-11-9-13(3)23-17(18-11)19-15(22-23)16(24)21-20-12(2)10-14-7-5-4-6-8-14/h4-9H,10H2,1-3H3,(H,21,24). The SMILES string of the molecule is CC(Cc1ccccc1)=NNC(=O)c1nc2nc(C)cc(C)n2n1. The van der Waals surface area contributed by atoms with E-state index in [2.05, 4.69) is 25.6 Å². The van der Waals surface area contributed by atoms with Crippen molar-refractivity contribution >= 4 is 17.4 Å². The number of aromatic nitrogens is 4. The molecule has 0 aliphatic heterocycles. The summed E-state index contributed by atoms with van der Waals surface area (Å²) < 4.78 is 1.54. The highest BCUT2D eigenvalue weighted by Crippen LogP contribution is 2.05. The highest BCUT2D eigenvalue weighted by atomic mass is 16.2. The molecule has 7 heteroatoms. The largest absolute Gasteiger partial charge is 0.311 e. The van der Waals surface area contributed by atoms with Gasteiger partial charge in [-0.3, -0.25) is 4.79 Å². The van der Waals surface area contributed by atoms with Crippen LogP contribution in [-0.4, -0.2) is 31.2 Å². The number of carbonyl (C=O) groups excluding carboxylic acids is 1. The lowest BCUT2D eigenvalue weighted by Crippen LogP contribution is -2.21. The van der Waals surface area contributed by atoms with E-state index in [1.165, 1.54) is 0 Å². The summed E-state index contributed by atoms with van der Waals surface area (Å²) in [5, 5.41) is 8.29. The summed E-state index contributed by atoms with van der Waals surface area (Å²) in [5.74, 6) is 0.0000583. The molecule has 122 valence electrons. The van der Waals surface area contributed by atoms with Crippen LogP contribution >= 0.6 is 0 Å². The van der Waals surface area contributed by atoms with Crippen LogP contribution in [-0.2, 0) is 6.42 Å². The first-order valence-corrected chi connectivity index (χ1v) is 7.61. The van der Waals surface area contributed by atoms with E-state index in [4.69, 9.17) is 0 Å². The van der Waals surface area contributed by atoms with Crippen LogP contribution in [0.25, 0.3) is 5.78 Å². The fourth-order valence-electron chi connectivity index (χ4n) is 2.39. The van der Waals surface area contributed by atoms with Gasteiger partial charge in [-0.2, -0.15) is 10.1 Å². The number of amides is 1. The molecule has 0 fully saturated rings. The van der Waals surface area contributed by atoms with Crippen LogP contribution in [0, 0.1) is 13.8 Å². The molecular formula is C17H18N6O. The molecular weight excluding hydrogens is 304 g/mol. The summed E-state index contributed by atoms with van der Waals surface area (Å²) in [6.07, 6.45) is 0.666. The van der Waals surface area contributed by atoms with Crippen LogP contribution in [0.3, 0.4) is 0 Å². The first kappa shape index (κ1) is 15.8. The highest BCUT2D eigenvalue weighted by molar-refractivity contribution is 5.92. The van der Waals surface area contributed by atoms with E-state index in [1.807, 2.05) is 57.2 Å². The van der Waals surface area contributed by atoms with E-state index in [0.717, 1.165) is 22.7 Å². The molecule has 0 aliphatic carbocycles. The second-order valence-corrected chi connectivity index (χ2v) is 5.64. The molecule has 0 spiro atoms. The number of rotatable bonds is 4. The normalized spacial score (nSPS) is 11.7. The van der Waals surface area contributed by atoms with Crippen molar-refractivity contribution in [1.82, 2.24) is 25.0 Å². The number of hydrogen-bond acceptors (Lipinski definition) is 5.